The molecule has 0 saturated carbocycles. The molecule has 1 aromatic heterocycles. The van der Waals surface area contributed by atoms with E-state index in [-0.39, 0.29) is 34.3 Å². The van der Waals surface area contributed by atoms with Crippen molar-refractivity contribution in [2.75, 3.05) is 0 Å². The average molecular weight is 623 g/mol. The van der Waals surface area contributed by atoms with Crippen molar-refractivity contribution in [3.63, 3.8) is 0 Å². The largest absolute Gasteiger partial charge is 0.438 e. The number of ether oxygens (including phenoxy) is 1. The number of sulfonamides is 1. The highest BCUT2D eigenvalue weighted by Crippen LogP contribution is 2.27. The lowest BCUT2D eigenvalue weighted by Crippen LogP contribution is -2.34. The number of benzene rings is 3. The minimum atomic E-state index is -4.17. The number of halogens is 2. The third-order valence-corrected chi connectivity index (χ3v) is 8.22. The molecule has 4 N–H and O–H groups in total. The van der Waals surface area contributed by atoms with E-state index in [0.717, 1.165) is 5.56 Å². The Hall–Kier alpha value is -4.58. The number of hydrogen-bond acceptors (Lipinski definition) is 7. The van der Waals surface area contributed by atoms with E-state index in [0.29, 0.717) is 11.1 Å². The van der Waals surface area contributed by atoms with E-state index in [1.165, 1.54) is 54.7 Å². The van der Waals surface area contributed by atoms with Gasteiger partial charge in [-0.3, -0.25) is 9.59 Å². The average Bonchev–Trinajstić information content (AvgIpc) is 2.99. The second kappa shape index (κ2) is 13.6. The molecular weight excluding hydrogens is 595 g/mol. The summed E-state index contributed by atoms with van der Waals surface area (Å²) in [6.07, 6.45) is 2.56. The van der Waals surface area contributed by atoms with Gasteiger partial charge < -0.3 is 15.8 Å². The van der Waals surface area contributed by atoms with Gasteiger partial charge in [0.25, 0.3) is 11.8 Å². The van der Waals surface area contributed by atoms with Crippen molar-refractivity contribution in [1.29, 1.82) is 0 Å². The lowest BCUT2D eigenvalue weighted by molar-refractivity contribution is 0.0934. The van der Waals surface area contributed by atoms with Gasteiger partial charge in [-0.15, -0.1) is 6.58 Å². The van der Waals surface area contributed by atoms with Crippen molar-refractivity contribution in [3.05, 3.63) is 136 Å². The monoisotopic (exact) mass is 622 g/mol. The smallest absolute Gasteiger partial charge is 0.264 e. The SMILES string of the molecule is C=CC(c1cccc(CN)c1)S(=O)(=O)NC(=O)c1ccc([C@H](C)NC(=O)c2cc(Cl)cnc2Oc2ccc(F)cc2)cc1. The first-order valence-corrected chi connectivity index (χ1v) is 14.9. The maximum atomic E-state index is 13.3. The Bertz CT molecular complexity index is 1750. The zero-order valence-corrected chi connectivity index (χ0v) is 24.5. The van der Waals surface area contributed by atoms with E-state index in [1.54, 1.807) is 43.3 Å². The number of carbonyl (C=O) groups excluding carboxylic acids is 2. The molecule has 4 rings (SSSR count). The van der Waals surface area contributed by atoms with Crippen LogP contribution in [0.3, 0.4) is 0 Å². The third kappa shape index (κ3) is 7.83. The molecule has 2 amide bonds. The van der Waals surface area contributed by atoms with E-state index in [1.807, 2.05) is 0 Å². The molecule has 4 aromatic rings. The molecule has 0 bridgehead atoms. The van der Waals surface area contributed by atoms with Crippen LogP contribution in [-0.4, -0.2) is 25.2 Å². The highest BCUT2D eigenvalue weighted by atomic mass is 35.5. The van der Waals surface area contributed by atoms with Crippen LogP contribution in [0.1, 0.15) is 55.6 Å². The molecule has 12 heteroatoms. The van der Waals surface area contributed by atoms with Gasteiger partial charge in [0.1, 0.15) is 22.4 Å². The van der Waals surface area contributed by atoms with Crippen LogP contribution in [0.5, 0.6) is 11.6 Å². The number of rotatable bonds is 11. The second-order valence-electron chi connectivity index (χ2n) is 9.46. The molecule has 0 spiro atoms. The number of hydrogen-bond donors (Lipinski definition) is 3. The lowest BCUT2D eigenvalue weighted by Gasteiger charge is -2.17. The Labute approximate surface area is 253 Å². The van der Waals surface area contributed by atoms with Crippen LogP contribution >= 0.6 is 11.6 Å². The highest BCUT2D eigenvalue weighted by Gasteiger charge is 2.27. The number of pyridine rings is 1. The Morgan fingerprint density at radius 3 is 2.40 bits per heavy atom. The molecule has 222 valence electrons. The van der Waals surface area contributed by atoms with E-state index >= 15 is 0 Å². The van der Waals surface area contributed by atoms with Crippen LogP contribution in [0.2, 0.25) is 5.02 Å². The highest BCUT2D eigenvalue weighted by molar-refractivity contribution is 7.90. The Balaban J connectivity index is 1.44. The van der Waals surface area contributed by atoms with Crippen molar-refractivity contribution in [2.45, 2.75) is 24.8 Å². The number of nitrogens with one attached hydrogen (secondary N) is 2. The second-order valence-corrected chi connectivity index (χ2v) is 11.7. The van der Waals surface area contributed by atoms with Gasteiger partial charge in [0, 0.05) is 18.3 Å². The Kier molecular flexibility index (Phi) is 9.92. The van der Waals surface area contributed by atoms with Crippen LogP contribution in [-0.2, 0) is 16.6 Å². The minimum absolute atomic E-state index is 0.0264. The van der Waals surface area contributed by atoms with Gasteiger partial charge >= 0.3 is 0 Å². The van der Waals surface area contributed by atoms with Crippen LogP contribution in [0, 0.1) is 5.82 Å². The first kappa shape index (κ1) is 31.4. The minimum Gasteiger partial charge on any atom is -0.438 e. The zero-order valence-electron chi connectivity index (χ0n) is 23.0. The number of amides is 2. The molecule has 43 heavy (non-hydrogen) atoms. The summed E-state index contributed by atoms with van der Waals surface area (Å²) >= 11 is 6.07. The lowest BCUT2D eigenvalue weighted by atomic mass is 10.1. The Morgan fingerprint density at radius 2 is 1.74 bits per heavy atom. The molecule has 1 heterocycles. The van der Waals surface area contributed by atoms with Gasteiger partial charge in [0.05, 0.1) is 11.1 Å². The van der Waals surface area contributed by atoms with Crippen LogP contribution < -0.4 is 20.5 Å². The normalized spacial score (nSPS) is 12.6. The molecule has 0 fully saturated rings. The quantitative estimate of drug-likeness (QED) is 0.185. The van der Waals surface area contributed by atoms with E-state index < -0.39 is 38.9 Å². The van der Waals surface area contributed by atoms with Crippen molar-refractivity contribution < 1.29 is 27.1 Å². The maximum absolute atomic E-state index is 13.3. The molecule has 2 atom stereocenters. The third-order valence-electron chi connectivity index (χ3n) is 6.41. The summed E-state index contributed by atoms with van der Waals surface area (Å²) in [6.45, 7) is 5.58. The fourth-order valence-electron chi connectivity index (χ4n) is 4.16. The van der Waals surface area contributed by atoms with Crippen LogP contribution in [0.4, 0.5) is 4.39 Å². The zero-order chi connectivity index (χ0) is 31.1. The summed E-state index contributed by atoms with van der Waals surface area (Å²) in [5.74, 6) is -1.55. The van der Waals surface area contributed by atoms with Crippen LogP contribution in [0.25, 0.3) is 0 Å². The van der Waals surface area contributed by atoms with Crippen molar-refractivity contribution >= 4 is 33.4 Å². The van der Waals surface area contributed by atoms with Crippen molar-refractivity contribution in [1.82, 2.24) is 15.0 Å². The predicted octanol–water partition coefficient (Wildman–Crippen LogP) is 5.60. The van der Waals surface area contributed by atoms with E-state index in [9.17, 15) is 22.4 Å². The van der Waals surface area contributed by atoms with Crippen molar-refractivity contribution in [3.8, 4) is 11.6 Å². The molecule has 0 radical (unpaired) electrons. The molecule has 0 aliphatic rings. The van der Waals surface area contributed by atoms with E-state index in [4.69, 9.17) is 22.1 Å². The van der Waals surface area contributed by atoms with Crippen molar-refractivity contribution in [2.24, 2.45) is 5.73 Å². The number of nitrogens with two attached hydrogens (primary N) is 1. The standard InChI is InChI=1S/C31H28ClFN4O5S/c1-3-28(23-6-4-5-20(15-23)17-34)43(40,41)37-29(38)22-9-7-21(8-10-22)19(2)36-30(39)27-16-24(32)18-35-31(27)42-26-13-11-25(33)12-14-26/h3-16,18-19,28H,1,17,34H2,2H3,(H,36,39)(H,37,38)/t19-,28?/m0/s1. The number of carbonyl (C=O) groups is 2. The fraction of sp³-hybridized carbons (Fsp3) is 0.129. The topological polar surface area (TPSA) is 140 Å². The van der Waals surface area contributed by atoms with Gasteiger partial charge in [-0.05, 0) is 66.1 Å². The summed E-state index contributed by atoms with van der Waals surface area (Å²) < 4.78 is 47.1. The van der Waals surface area contributed by atoms with Gasteiger partial charge in [0.15, 0.2) is 0 Å². The van der Waals surface area contributed by atoms with Gasteiger partial charge in [0.2, 0.25) is 15.9 Å². The summed E-state index contributed by atoms with van der Waals surface area (Å²) in [5.41, 5.74) is 7.62. The molecular formula is C31H28ClFN4O5S. The Morgan fingerprint density at radius 1 is 1.05 bits per heavy atom. The number of aromatic nitrogens is 1. The molecule has 0 saturated heterocycles. The van der Waals surface area contributed by atoms with Gasteiger partial charge in [-0.2, -0.15) is 0 Å². The van der Waals surface area contributed by atoms with Gasteiger partial charge in [-0.1, -0.05) is 54.1 Å². The molecule has 0 aliphatic carbocycles. The predicted molar refractivity (Wildman–Crippen MR) is 162 cm³/mol. The summed E-state index contributed by atoms with van der Waals surface area (Å²) in [6, 6.07) is 18.9. The summed E-state index contributed by atoms with van der Waals surface area (Å²) in [4.78, 5) is 30.1. The fourth-order valence-corrected chi connectivity index (χ4v) is 5.58. The molecule has 1 unspecified atom stereocenters. The first-order chi connectivity index (χ1) is 20.5. The first-order valence-electron chi connectivity index (χ1n) is 13.0. The number of nitrogens with zero attached hydrogens (tertiary/aromatic N) is 1. The van der Waals surface area contributed by atoms with Crippen LogP contribution in [0.15, 0.2) is 97.7 Å². The molecule has 3 aromatic carbocycles. The maximum Gasteiger partial charge on any atom is 0.264 e. The van der Waals surface area contributed by atoms with E-state index in [2.05, 4.69) is 21.6 Å². The van der Waals surface area contributed by atoms with Gasteiger partial charge in [-0.25, -0.2) is 22.5 Å². The summed E-state index contributed by atoms with van der Waals surface area (Å²) in [5, 5.41) is 1.86. The molecule has 0 aliphatic heterocycles. The molecule has 9 nitrogen and oxygen atoms in total. The summed E-state index contributed by atoms with van der Waals surface area (Å²) in [7, 11) is -4.17.